The van der Waals surface area contributed by atoms with Crippen LogP contribution in [-0.4, -0.2) is 37.8 Å². The van der Waals surface area contributed by atoms with Gasteiger partial charge in [0.1, 0.15) is 0 Å². The van der Waals surface area contributed by atoms with Crippen LogP contribution in [0.3, 0.4) is 0 Å². The summed E-state index contributed by atoms with van der Waals surface area (Å²) in [5.74, 6) is 0.394. The van der Waals surface area contributed by atoms with E-state index in [0.29, 0.717) is 24.6 Å². The van der Waals surface area contributed by atoms with E-state index >= 15 is 0 Å². The predicted octanol–water partition coefficient (Wildman–Crippen LogP) is 1.19. The summed E-state index contributed by atoms with van der Waals surface area (Å²) in [7, 11) is -3.00. The van der Waals surface area contributed by atoms with Crippen molar-refractivity contribution in [1.82, 2.24) is 5.32 Å². The Labute approximate surface area is 108 Å². The lowest BCUT2D eigenvalue weighted by Gasteiger charge is -2.23. The van der Waals surface area contributed by atoms with Gasteiger partial charge in [-0.2, -0.15) is 0 Å². The second kappa shape index (κ2) is 6.05. The first-order chi connectivity index (χ1) is 7.85. The van der Waals surface area contributed by atoms with Crippen LogP contribution in [0.2, 0.25) is 0 Å². The molecule has 1 saturated heterocycles. The molecule has 0 bridgehead atoms. The average molecular weight is 282 g/mol. The molecule has 1 amide bonds. The molecule has 6 heteroatoms. The minimum atomic E-state index is -3.00. The van der Waals surface area contributed by atoms with Gasteiger partial charge in [0.15, 0.2) is 9.84 Å². The molecule has 4 nitrogen and oxygen atoms in total. The molecule has 1 rings (SSSR count). The zero-order valence-corrected chi connectivity index (χ0v) is 11.9. The minimum absolute atomic E-state index is 0.00940. The number of hydrogen-bond donors (Lipinski definition) is 1. The number of alkyl halides is 1. The highest BCUT2D eigenvalue weighted by Gasteiger charge is 2.33. The van der Waals surface area contributed by atoms with Crippen molar-refractivity contribution in [2.75, 3.05) is 17.4 Å². The number of amides is 1. The Morgan fingerprint density at radius 3 is 2.53 bits per heavy atom. The number of halogens is 1. The number of hydrogen-bond acceptors (Lipinski definition) is 3. The summed E-state index contributed by atoms with van der Waals surface area (Å²) in [4.78, 5) is 11.9. The fraction of sp³-hybridized carbons (Fsp3) is 0.909. The zero-order chi connectivity index (χ0) is 13.1. The quantitative estimate of drug-likeness (QED) is 0.770. The summed E-state index contributed by atoms with van der Waals surface area (Å²) in [6, 6.07) is 0.0308. The molecule has 0 radical (unpaired) electrons. The van der Waals surface area contributed by atoms with E-state index in [2.05, 4.69) is 5.32 Å². The first-order valence-corrected chi connectivity index (χ1v) is 8.28. The smallest absolute Gasteiger partial charge is 0.224 e. The lowest BCUT2D eigenvalue weighted by atomic mass is 10.00. The first kappa shape index (κ1) is 14.8. The molecule has 2 unspecified atom stereocenters. The third-order valence-corrected chi connectivity index (χ3v) is 5.14. The first-order valence-electron chi connectivity index (χ1n) is 5.92. The lowest BCUT2D eigenvalue weighted by Crippen LogP contribution is -2.42. The second-order valence-corrected chi connectivity index (χ2v) is 7.54. The van der Waals surface area contributed by atoms with Gasteiger partial charge in [-0.3, -0.25) is 4.79 Å². The molecule has 0 saturated carbocycles. The Hall–Kier alpha value is -0.290. The van der Waals surface area contributed by atoms with Crippen LogP contribution in [0.5, 0.6) is 0 Å². The van der Waals surface area contributed by atoms with Crippen LogP contribution in [0, 0.1) is 11.8 Å². The molecule has 2 atom stereocenters. The van der Waals surface area contributed by atoms with Crippen molar-refractivity contribution in [3.8, 4) is 0 Å². The van der Waals surface area contributed by atoms with Gasteiger partial charge in [0.2, 0.25) is 5.91 Å². The van der Waals surface area contributed by atoms with Crippen LogP contribution >= 0.6 is 11.6 Å². The fourth-order valence-electron chi connectivity index (χ4n) is 1.99. The number of carbonyl (C=O) groups excluding carboxylic acids is 1. The van der Waals surface area contributed by atoms with Gasteiger partial charge >= 0.3 is 0 Å². The largest absolute Gasteiger partial charge is 0.353 e. The van der Waals surface area contributed by atoms with Crippen molar-refractivity contribution in [3.05, 3.63) is 0 Å². The summed E-state index contributed by atoms with van der Waals surface area (Å²) in [6.07, 6.45) is 1.16. The van der Waals surface area contributed by atoms with E-state index in [1.807, 2.05) is 13.8 Å². The molecular weight excluding hydrogens is 262 g/mol. The van der Waals surface area contributed by atoms with Crippen LogP contribution < -0.4 is 5.32 Å². The highest BCUT2D eigenvalue weighted by Crippen LogP contribution is 2.19. The Bertz CT molecular complexity index is 367. The molecule has 0 aliphatic carbocycles. The highest BCUT2D eigenvalue weighted by atomic mass is 35.5. The normalized spacial score (nSPS) is 24.8. The molecule has 1 aliphatic heterocycles. The van der Waals surface area contributed by atoms with E-state index in [0.717, 1.165) is 0 Å². The summed E-state index contributed by atoms with van der Waals surface area (Å²) < 4.78 is 22.6. The maximum Gasteiger partial charge on any atom is 0.224 e. The van der Waals surface area contributed by atoms with Gasteiger partial charge in [-0.1, -0.05) is 13.8 Å². The van der Waals surface area contributed by atoms with Crippen molar-refractivity contribution >= 4 is 27.3 Å². The molecule has 100 valence electrons. The van der Waals surface area contributed by atoms with E-state index in [1.54, 1.807) is 0 Å². The van der Waals surface area contributed by atoms with E-state index < -0.39 is 9.84 Å². The van der Waals surface area contributed by atoms with Crippen LogP contribution in [0.1, 0.15) is 26.7 Å². The molecule has 0 spiro atoms. The maximum atomic E-state index is 11.9. The van der Waals surface area contributed by atoms with Crippen LogP contribution in [-0.2, 0) is 14.6 Å². The van der Waals surface area contributed by atoms with Crippen molar-refractivity contribution in [2.45, 2.75) is 32.7 Å². The fourth-order valence-corrected chi connectivity index (χ4v) is 3.97. The molecule has 17 heavy (non-hydrogen) atoms. The van der Waals surface area contributed by atoms with Crippen LogP contribution in [0.15, 0.2) is 0 Å². The SMILES string of the molecule is CC(C)C(CCCl)NC(=O)C1CCS(=O)(=O)C1. The minimum Gasteiger partial charge on any atom is -0.353 e. The number of nitrogens with one attached hydrogen (secondary N) is 1. The predicted molar refractivity (Wildman–Crippen MR) is 68.9 cm³/mol. The lowest BCUT2D eigenvalue weighted by molar-refractivity contribution is -0.125. The Morgan fingerprint density at radius 1 is 1.47 bits per heavy atom. The second-order valence-electron chi connectivity index (χ2n) is 4.94. The van der Waals surface area contributed by atoms with E-state index in [4.69, 9.17) is 11.6 Å². The molecule has 0 aromatic rings. The van der Waals surface area contributed by atoms with E-state index in [9.17, 15) is 13.2 Å². The highest BCUT2D eigenvalue weighted by molar-refractivity contribution is 7.91. The van der Waals surface area contributed by atoms with Crippen molar-refractivity contribution in [2.24, 2.45) is 11.8 Å². The molecule has 1 heterocycles. The zero-order valence-electron chi connectivity index (χ0n) is 10.3. The molecule has 0 aromatic carbocycles. The van der Waals surface area contributed by atoms with Crippen LogP contribution in [0.4, 0.5) is 0 Å². The Kier molecular flexibility index (Phi) is 5.25. The van der Waals surface area contributed by atoms with Crippen molar-refractivity contribution in [3.63, 3.8) is 0 Å². The van der Waals surface area contributed by atoms with E-state index in [-0.39, 0.29) is 29.4 Å². The molecular formula is C11H20ClNO3S. The van der Waals surface area contributed by atoms with Gasteiger partial charge in [-0.25, -0.2) is 8.42 Å². The standard InChI is InChI=1S/C11H20ClNO3S/c1-8(2)10(3-5-12)13-11(14)9-4-6-17(15,16)7-9/h8-10H,3-7H2,1-2H3,(H,13,14). The molecule has 0 aromatic heterocycles. The number of sulfone groups is 1. The van der Waals surface area contributed by atoms with E-state index in [1.165, 1.54) is 0 Å². The molecule has 1 aliphatic rings. The summed E-state index contributed by atoms with van der Waals surface area (Å²) >= 11 is 5.68. The summed E-state index contributed by atoms with van der Waals surface area (Å²) in [5, 5.41) is 2.91. The summed E-state index contributed by atoms with van der Waals surface area (Å²) in [6.45, 7) is 4.03. The van der Waals surface area contributed by atoms with Gasteiger partial charge in [0.05, 0.1) is 17.4 Å². The third kappa shape index (κ3) is 4.47. The summed E-state index contributed by atoms with van der Waals surface area (Å²) in [5.41, 5.74) is 0. The Morgan fingerprint density at radius 2 is 2.12 bits per heavy atom. The van der Waals surface area contributed by atoms with Crippen molar-refractivity contribution < 1.29 is 13.2 Å². The maximum absolute atomic E-state index is 11.9. The average Bonchev–Trinajstić information content (AvgIpc) is 2.58. The third-order valence-electron chi connectivity index (χ3n) is 3.16. The van der Waals surface area contributed by atoms with Gasteiger partial charge in [0, 0.05) is 11.9 Å². The van der Waals surface area contributed by atoms with Crippen LogP contribution in [0.25, 0.3) is 0 Å². The number of rotatable bonds is 5. The van der Waals surface area contributed by atoms with Gasteiger partial charge in [-0.15, -0.1) is 11.6 Å². The topological polar surface area (TPSA) is 63.2 Å². The van der Waals surface area contributed by atoms with Crippen molar-refractivity contribution in [1.29, 1.82) is 0 Å². The monoisotopic (exact) mass is 281 g/mol. The molecule has 1 fully saturated rings. The van der Waals surface area contributed by atoms with Gasteiger partial charge < -0.3 is 5.32 Å². The molecule has 1 N–H and O–H groups in total. The van der Waals surface area contributed by atoms with Gasteiger partial charge in [-0.05, 0) is 18.8 Å². The Balaban J connectivity index is 2.53. The number of carbonyl (C=O) groups is 1. The van der Waals surface area contributed by atoms with Gasteiger partial charge in [0.25, 0.3) is 0 Å².